The van der Waals surface area contributed by atoms with Gasteiger partial charge in [0.05, 0.1) is 4.91 Å². The first kappa shape index (κ1) is 10.9. The summed E-state index contributed by atoms with van der Waals surface area (Å²) in [5.41, 5.74) is 0.846. The van der Waals surface area contributed by atoms with Crippen LogP contribution in [0.2, 0.25) is 0 Å². The van der Waals surface area contributed by atoms with E-state index < -0.39 is 10.0 Å². The highest BCUT2D eigenvalue weighted by atomic mass is 32.2. The van der Waals surface area contributed by atoms with Gasteiger partial charge in [-0.15, -0.1) is 0 Å². The van der Waals surface area contributed by atoms with Crippen LogP contribution < -0.4 is 5.14 Å². The van der Waals surface area contributed by atoms with Gasteiger partial charge in [0.15, 0.2) is 0 Å². The second-order valence-corrected chi connectivity index (χ2v) is 4.53. The monoisotopic (exact) mass is 211 g/mol. The van der Waals surface area contributed by atoms with Crippen LogP contribution in [-0.4, -0.2) is 8.42 Å². The Hall–Kier alpha value is -1.13. The second kappa shape index (κ2) is 4.39. The molecule has 0 aliphatic rings. The molecule has 0 amide bonds. The van der Waals surface area contributed by atoms with E-state index in [0.717, 1.165) is 5.56 Å². The first-order valence-electron chi connectivity index (χ1n) is 4.32. The molecular formula is C10H13NO2S. The summed E-state index contributed by atoms with van der Waals surface area (Å²) in [5, 5.41) is 5.04. The van der Waals surface area contributed by atoms with Crippen molar-refractivity contribution in [2.45, 2.75) is 13.3 Å². The third-order valence-corrected chi connectivity index (χ3v) is 2.98. The fourth-order valence-corrected chi connectivity index (χ4v) is 1.82. The molecule has 0 aliphatic carbocycles. The van der Waals surface area contributed by atoms with Crippen LogP contribution in [0.3, 0.4) is 0 Å². The van der Waals surface area contributed by atoms with E-state index in [1.807, 2.05) is 30.3 Å². The Morgan fingerprint density at radius 3 is 2.36 bits per heavy atom. The van der Waals surface area contributed by atoms with Crippen LogP contribution in [0.4, 0.5) is 0 Å². The summed E-state index contributed by atoms with van der Waals surface area (Å²) in [4.78, 5) is 0.253. The van der Waals surface area contributed by atoms with E-state index in [1.165, 1.54) is 0 Å². The lowest BCUT2D eigenvalue weighted by Crippen LogP contribution is -2.13. The molecule has 0 saturated heterocycles. The van der Waals surface area contributed by atoms with Crippen molar-refractivity contribution in [1.82, 2.24) is 0 Å². The molecule has 0 bridgehead atoms. The van der Waals surface area contributed by atoms with Crippen LogP contribution in [0.1, 0.15) is 18.9 Å². The molecule has 0 unspecified atom stereocenters. The van der Waals surface area contributed by atoms with E-state index in [0.29, 0.717) is 6.42 Å². The largest absolute Gasteiger partial charge is 0.234 e. The molecule has 4 heteroatoms. The predicted octanol–water partition coefficient (Wildman–Crippen LogP) is 1.73. The van der Waals surface area contributed by atoms with Gasteiger partial charge in [0, 0.05) is 0 Å². The maximum Gasteiger partial charge on any atom is 0.234 e. The summed E-state index contributed by atoms with van der Waals surface area (Å²) < 4.78 is 22.2. The van der Waals surface area contributed by atoms with Crippen LogP contribution in [0.25, 0.3) is 6.08 Å². The van der Waals surface area contributed by atoms with Crippen molar-refractivity contribution >= 4 is 16.1 Å². The minimum atomic E-state index is -3.55. The van der Waals surface area contributed by atoms with E-state index in [2.05, 4.69) is 0 Å². The minimum absolute atomic E-state index is 0.253. The van der Waals surface area contributed by atoms with Crippen LogP contribution >= 0.6 is 0 Å². The molecule has 0 spiro atoms. The van der Waals surface area contributed by atoms with Crippen LogP contribution in [0.15, 0.2) is 35.2 Å². The predicted molar refractivity (Wildman–Crippen MR) is 57.8 cm³/mol. The smallest absolute Gasteiger partial charge is 0.225 e. The molecule has 1 aromatic rings. The fourth-order valence-electron chi connectivity index (χ4n) is 1.12. The van der Waals surface area contributed by atoms with E-state index >= 15 is 0 Å². The van der Waals surface area contributed by atoms with Gasteiger partial charge in [0.2, 0.25) is 10.0 Å². The third-order valence-electron chi connectivity index (χ3n) is 1.84. The molecule has 0 aliphatic heterocycles. The topological polar surface area (TPSA) is 60.2 Å². The van der Waals surface area contributed by atoms with Crippen molar-refractivity contribution < 1.29 is 8.42 Å². The average Bonchev–Trinajstić information content (AvgIpc) is 2.14. The third kappa shape index (κ3) is 2.97. The van der Waals surface area contributed by atoms with Crippen molar-refractivity contribution in [3.63, 3.8) is 0 Å². The highest BCUT2D eigenvalue weighted by Gasteiger charge is 2.08. The Morgan fingerprint density at radius 2 is 1.93 bits per heavy atom. The molecular weight excluding hydrogens is 198 g/mol. The van der Waals surface area contributed by atoms with Crippen molar-refractivity contribution in [3.05, 3.63) is 40.8 Å². The molecule has 1 rings (SSSR count). The second-order valence-electron chi connectivity index (χ2n) is 2.92. The number of rotatable bonds is 3. The molecule has 1 aromatic carbocycles. The first-order chi connectivity index (χ1) is 6.54. The van der Waals surface area contributed by atoms with Gasteiger partial charge in [-0.3, -0.25) is 0 Å². The number of nitrogens with two attached hydrogens (primary N) is 1. The molecule has 0 atom stereocenters. The van der Waals surface area contributed by atoms with Gasteiger partial charge in [-0.1, -0.05) is 37.3 Å². The first-order valence-corrected chi connectivity index (χ1v) is 5.87. The Labute approximate surface area is 84.3 Å². The summed E-state index contributed by atoms with van der Waals surface area (Å²) in [6, 6.07) is 9.24. The Morgan fingerprint density at radius 1 is 1.36 bits per heavy atom. The number of hydrogen-bond acceptors (Lipinski definition) is 2. The maximum absolute atomic E-state index is 11.1. The molecule has 0 saturated carbocycles. The van der Waals surface area contributed by atoms with Gasteiger partial charge < -0.3 is 0 Å². The van der Waals surface area contributed by atoms with Crippen molar-refractivity contribution in [2.75, 3.05) is 0 Å². The van der Waals surface area contributed by atoms with E-state index in [-0.39, 0.29) is 4.91 Å². The van der Waals surface area contributed by atoms with Crippen molar-refractivity contribution in [3.8, 4) is 0 Å². The molecule has 14 heavy (non-hydrogen) atoms. The van der Waals surface area contributed by atoms with E-state index in [9.17, 15) is 8.42 Å². The Balaban J connectivity index is 3.09. The van der Waals surface area contributed by atoms with Crippen LogP contribution in [-0.2, 0) is 10.0 Å². The lowest BCUT2D eigenvalue weighted by atomic mass is 10.2. The standard InChI is InChI=1S/C10H13NO2S/c1-2-10(14(11,12)13)8-9-6-4-3-5-7-9/h3-8H,2H2,1H3,(H2,11,12,13). The van der Waals surface area contributed by atoms with Crippen LogP contribution in [0.5, 0.6) is 0 Å². The average molecular weight is 211 g/mol. The molecule has 0 radical (unpaired) electrons. The minimum Gasteiger partial charge on any atom is -0.225 e. The summed E-state index contributed by atoms with van der Waals surface area (Å²) >= 11 is 0. The highest BCUT2D eigenvalue weighted by molar-refractivity contribution is 7.93. The van der Waals surface area contributed by atoms with Gasteiger partial charge in [0.1, 0.15) is 0 Å². The zero-order valence-corrected chi connectivity index (χ0v) is 8.79. The van der Waals surface area contributed by atoms with E-state index in [4.69, 9.17) is 5.14 Å². The molecule has 2 N–H and O–H groups in total. The van der Waals surface area contributed by atoms with Crippen molar-refractivity contribution in [2.24, 2.45) is 5.14 Å². The molecule has 3 nitrogen and oxygen atoms in total. The summed E-state index contributed by atoms with van der Waals surface area (Å²) in [5.74, 6) is 0. The summed E-state index contributed by atoms with van der Waals surface area (Å²) in [6.45, 7) is 1.76. The van der Waals surface area contributed by atoms with Crippen molar-refractivity contribution in [1.29, 1.82) is 0 Å². The SMILES string of the molecule is CCC(=Cc1ccccc1)S(N)(=O)=O. The Bertz CT molecular complexity index is 421. The zero-order chi connectivity index (χ0) is 10.6. The van der Waals surface area contributed by atoms with Gasteiger partial charge in [-0.05, 0) is 18.1 Å². The number of primary sulfonamides is 1. The lowest BCUT2D eigenvalue weighted by Gasteiger charge is -2.00. The molecule has 76 valence electrons. The summed E-state index contributed by atoms with van der Waals surface area (Å²) in [7, 11) is -3.55. The number of allylic oxidation sites excluding steroid dienone is 1. The van der Waals surface area contributed by atoms with Gasteiger partial charge in [-0.2, -0.15) is 0 Å². The highest BCUT2D eigenvalue weighted by Crippen LogP contribution is 2.12. The fraction of sp³-hybridized carbons (Fsp3) is 0.200. The maximum atomic E-state index is 11.1. The number of hydrogen-bond donors (Lipinski definition) is 1. The Kier molecular flexibility index (Phi) is 3.43. The van der Waals surface area contributed by atoms with Gasteiger partial charge in [0.25, 0.3) is 0 Å². The molecule has 0 aromatic heterocycles. The van der Waals surface area contributed by atoms with Crippen LogP contribution in [0, 0.1) is 0 Å². The zero-order valence-electron chi connectivity index (χ0n) is 7.97. The molecule has 0 heterocycles. The normalized spacial score (nSPS) is 12.9. The summed E-state index contributed by atoms with van der Waals surface area (Å²) in [6.07, 6.45) is 2.00. The lowest BCUT2D eigenvalue weighted by molar-refractivity contribution is 0.602. The van der Waals surface area contributed by atoms with Gasteiger partial charge in [-0.25, -0.2) is 13.6 Å². The van der Waals surface area contributed by atoms with E-state index in [1.54, 1.807) is 13.0 Å². The van der Waals surface area contributed by atoms with Gasteiger partial charge >= 0.3 is 0 Å². The number of sulfonamides is 1. The number of benzene rings is 1. The quantitative estimate of drug-likeness (QED) is 0.827. The molecule has 0 fully saturated rings.